The summed E-state index contributed by atoms with van der Waals surface area (Å²) in [5.41, 5.74) is 0.875. The fourth-order valence-electron chi connectivity index (χ4n) is 2.80. The van der Waals surface area contributed by atoms with Crippen molar-refractivity contribution < 1.29 is 19.1 Å². The molecule has 0 radical (unpaired) electrons. The number of aromatic nitrogens is 1. The molecule has 0 spiro atoms. The van der Waals surface area contributed by atoms with Gasteiger partial charge in [-0.15, -0.1) is 0 Å². The predicted octanol–water partition coefficient (Wildman–Crippen LogP) is 3.61. The fraction of sp³-hybridized carbons (Fsp3) is 0.381. The van der Waals surface area contributed by atoms with Crippen LogP contribution in [0.15, 0.2) is 36.4 Å². The molecule has 1 aromatic heterocycles. The Morgan fingerprint density at radius 2 is 1.68 bits per heavy atom. The van der Waals surface area contributed by atoms with E-state index in [1.807, 2.05) is 13.8 Å². The summed E-state index contributed by atoms with van der Waals surface area (Å²) in [5, 5.41) is 2.77. The van der Waals surface area contributed by atoms with E-state index < -0.39 is 5.91 Å². The van der Waals surface area contributed by atoms with Gasteiger partial charge in [-0.25, -0.2) is 4.98 Å². The molecule has 0 saturated heterocycles. The van der Waals surface area contributed by atoms with Crippen molar-refractivity contribution in [3.8, 4) is 11.5 Å². The minimum Gasteiger partial charge on any atom is -0.497 e. The molecule has 150 valence electrons. The number of nitrogens with zero attached hydrogens (tertiary/aromatic N) is 2. The van der Waals surface area contributed by atoms with Crippen LogP contribution in [0.5, 0.6) is 11.5 Å². The van der Waals surface area contributed by atoms with Gasteiger partial charge in [0.05, 0.1) is 19.9 Å². The zero-order chi connectivity index (χ0) is 20.5. The summed E-state index contributed by atoms with van der Waals surface area (Å²) in [6, 6.07) is 9.97. The van der Waals surface area contributed by atoms with Gasteiger partial charge in [-0.05, 0) is 37.1 Å². The van der Waals surface area contributed by atoms with Crippen molar-refractivity contribution in [2.24, 2.45) is 0 Å². The molecule has 28 heavy (non-hydrogen) atoms. The molecule has 7 heteroatoms. The highest BCUT2D eigenvalue weighted by molar-refractivity contribution is 6.04. The van der Waals surface area contributed by atoms with Gasteiger partial charge in [0.25, 0.3) is 11.8 Å². The normalized spacial score (nSPS) is 10.3. The van der Waals surface area contributed by atoms with Crippen LogP contribution in [-0.2, 0) is 0 Å². The number of nitrogens with one attached hydrogen (secondary N) is 1. The van der Waals surface area contributed by atoms with Gasteiger partial charge in [-0.2, -0.15) is 0 Å². The molecule has 2 aromatic rings. The maximum Gasteiger partial charge on any atom is 0.274 e. The molecule has 1 aromatic carbocycles. The molecule has 7 nitrogen and oxygen atoms in total. The Labute approximate surface area is 165 Å². The van der Waals surface area contributed by atoms with Gasteiger partial charge in [0.2, 0.25) is 0 Å². The fourth-order valence-corrected chi connectivity index (χ4v) is 2.80. The third kappa shape index (κ3) is 5.22. The van der Waals surface area contributed by atoms with Gasteiger partial charge in [-0.3, -0.25) is 9.59 Å². The monoisotopic (exact) mass is 385 g/mol. The van der Waals surface area contributed by atoms with E-state index >= 15 is 0 Å². The van der Waals surface area contributed by atoms with E-state index in [-0.39, 0.29) is 17.3 Å². The number of benzene rings is 1. The number of carbonyl (C=O) groups is 2. The zero-order valence-corrected chi connectivity index (χ0v) is 16.8. The van der Waals surface area contributed by atoms with Crippen molar-refractivity contribution in [1.82, 2.24) is 9.88 Å². The lowest BCUT2D eigenvalue weighted by Crippen LogP contribution is -2.33. The van der Waals surface area contributed by atoms with Gasteiger partial charge >= 0.3 is 0 Å². The molecule has 0 fully saturated rings. The number of anilines is 1. The number of carbonyl (C=O) groups excluding carboxylic acids is 2. The standard InChI is InChI=1S/C21H27N3O4/c1-5-12-24(13-6-2)21(26)17-9-7-8-16(22-17)20(25)23-18-14-15(27-3)10-11-19(18)28-4/h7-11,14H,5-6,12-13H2,1-4H3,(H,23,25). The number of rotatable bonds is 9. The van der Waals surface area contributed by atoms with Crippen LogP contribution in [0.1, 0.15) is 47.7 Å². The molecular weight excluding hydrogens is 358 g/mol. The summed E-state index contributed by atoms with van der Waals surface area (Å²) in [7, 11) is 3.06. The smallest absolute Gasteiger partial charge is 0.274 e. The first-order valence-electron chi connectivity index (χ1n) is 9.33. The molecule has 0 aliphatic rings. The Bertz CT molecular complexity index is 817. The van der Waals surface area contributed by atoms with E-state index in [2.05, 4.69) is 10.3 Å². The van der Waals surface area contributed by atoms with Crippen molar-refractivity contribution in [3.63, 3.8) is 0 Å². The minimum absolute atomic E-state index is 0.156. The van der Waals surface area contributed by atoms with E-state index in [0.29, 0.717) is 30.3 Å². The molecule has 0 atom stereocenters. The SMILES string of the molecule is CCCN(CCC)C(=O)c1cccc(C(=O)Nc2cc(OC)ccc2OC)n1. The molecule has 2 rings (SSSR count). The third-order valence-electron chi connectivity index (χ3n) is 4.13. The average Bonchev–Trinajstić information content (AvgIpc) is 2.73. The van der Waals surface area contributed by atoms with Crippen molar-refractivity contribution in [3.05, 3.63) is 47.8 Å². The maximum absolute atomic E-state index is 12.7. The minimum atomic E-state index is -0.432. The molecule has 0 saturated carbocycles. The summed E-state index contributed by atoms with van der Waals surface area (Å²) in [5.74, 6) is 0.484. The zero-order valence-electron chi connectivity index (χ0n) is 16.8. The molecule has 0 aliphatic heterocycles. The predicted molar refractivity (Wildman–Crippen MR) is 108 cm³/mol. The lowest BCUT2D eigenvalue weighted by Gasteiger charge is -2.21. The largest absolute Gasteiger partial charge is 0.497 e. The second-order valence-electron chi connectivity index (χ2n) is 6.22. The molecule has 1 N–H and O–H groups in total. The molecule has 0 unspecified atom stereocenters. The van der Waals surface area contributed by atoms with Crippen LogP contribution in [0.3, 0.4) is 0 Å². The van der Waals surface area contributed by atoms with E-state index in [1.54, 1.807) is 48.4 Å². The lowest BCUT2D eigenvalue weighted by molar-refractivity contribution is 0.0749. The van der Waals surface area contributed by atoms with Crippen molar-refractivity contribution in [2.75, 3.05) is 32.6 Å². The van der Waals surface area contributed by atoms with Gasteiger partial charge in [0.1, 0.15) is 22.9 Å². The third-order valence-corrected chi connectivity index (χ3v) is 4.13. The Morgan fingerprint density at radius 3 is 2.29 bits per heavy atom. The molecule has 1 heterocycles. The van der Waals surface area contributed by atoms with Gasteiger partial charge in [0, 0.05) is 19.2 Å². The number of pyridine rings is 1. The van der Waals surface area contributed by atoms with Crippen LogP contribution in [0.2, 0.25) is 0 Å². The van der Waals surface area contributed by atoms with Crippen molar-refractivity contribution in [2.45, 2.75) is 26.7 Å². The molecule has 0 aliphatic carbocycles. The summed E-state index contributed by atoms with van der Waals surface area (Å²) in [6.07, 6.45) is 1.73. The first kappa shape index (κ1) is 21.2. The summed E-state index contributed by atoms with van der Waals surface area (Å²) in [4.78, 5) is 31.5. The maximum atomic E-state index is 12.7. The number of methoxy groups -OCH3 is 2. The van der Waals surface area contributed by atoms with Crippen molar-refractivity contribution >= 4 is 17.5 Å². The van der Waals surface area contributed by atoms with Crippen molar-refractivity contribution in [1.29, 1.82) is 0 Å². The summed E-state index contributed by atoms with van der Waals surface area (Å²) < 4.78 is 10.5. The highest BCUT2D eigenvalue weighted by Gasteiger charge is 2.18. The second-order valence-corrected chi connectivity index (χ2v) is 6.22. The number of hydrogen-bond donors (Lipinski definition) is 1. The summed E-state index contributed by atoms with van der Waals surface area (Å²) >= 11 is 0. The molecular formula is C21H27N3O4. The Balaban J connectivity index is 2.24. The van der Waals surface area contributed by atoms with E-state index in [0.717, 1.165) is 12.8 Å². The van der Waals surface area contributed by atoms with E-state index in [4.69, 9.17) is 9.47 Å². The Kier molecular flexibility index (Phi) is 7.80. The average molecular weight is 385 g/mol. The molecule has 0 bridgehead atoms. The Hall–Kier alpha value is -3.09. The van der Waals surface area contributed by atoms with E-state index in [9.17, 15) is 9.59 Å². The molecule has 2 amide bonds. The van der Waals surface area contributed by atoms with Gasteiger partial charge < -0.3 is 19.7 Å². The van der Waals surface area contributed by atoms with Crippen LogP contribution < -0.4 is 14.8 Å². The van der Waals surface area contributed by atoms with E-state index in [1.165, 1.54) is 7.11 Å². The van der Waals surface area contributed by atoms with Crippen LogP contribution in [-0.4, -0.2) is 49.0 Å². The topological polar surface area (TPSA) is 80.8 Å². The number of hydrogen-bond acceptors (Lipinski definition) is 5. The summed E-state index contributed by atoms with van der Waals surface area (Å²) in [6.45, 7) is 5.36. The Morgan fingerprint density at radius 1 is 1.00 bits per heavy atom. The highest BCUT2D eigenvalue weighted by Crippen LogP contribution is 2.29. The first-order valence-corrected chi connectivity index (χ1v) is 9.33. The van der Waals surface area contributed by atoms with Crippen LogP contribution in [0, 0.1) is 0 Å². The van der Waals surface area contributed by atoms with Gasteiger partial charge in [-0.1, -0.05) is 19.9 Å². The number of ether oxygens (including phenoxy) is 2. The highest BCUT2D eigenvalue weighted by atomic mass is 16.5. The van der Waals surface area contributed by atoms with Crippen LogP contribution >= 0.6 is 0 Å². The number of amides is 2. The first-order chi connectivity index (χ1) is 13.5. The lowest BCUT2D eigenvalue weighted by atomic mass is 10.2. The second kappa shape index (κ2) is 10.3. The van der Waals surface area contributed by atoms with Crippen LogP contribution in [0.4, 0.5) is 5.69 Å². The quantitative estimate of drug-likeness (QED) is 0.713. The van der Waals surface area contributed by atoms with Gasteiger partial charge in [0.15, 0.2) is 0 Å². The van der Waals surface area contributed by atoms with Crippen LogP contribution in [0.25, 0.3) is 0 Å².